The van der Waals surface area contributed by atoms with E-state index in [1.54, 1.807) is 0 Å². The van der Waals surface area contributed by atoms with E-state index in [2.05, 4.69) is 131 Å². The van der Waals surface area contributed by atoms with E-state index in [0.717, 1.165) is 32.3 Å². The number of methoxy groups -OCH3 is 1. The van der Waals surface area contributed by atoms with Gasteiger partial charge in [0.15, 0.2) is 25.0 Å². The minimum Gasteiger partial charge on any atom is -0.469 e. The molecule has 0 aliphatic heterocycles. The van der Waals surface area contributed by atoms with Crippen LogP contribution in [0.25, 0.3) is 0 Å². The lowest BCUT2D eigenvalue weighted by Gasteiger charge is -2.38. The summed E-state index contributed by atoms with van der Waals surface area (Å²) >= 11 is 0. The van der Waals surface area contributed by atoms with E-state index in [-0.39, 0.29) is 33.3 Å². The standard InChI is InChI=1S/C37H70O5Si3/c1-35(2,3)43(11,12)40-31-24-20-18-17-19-21-26-32(41-44(13,14)36(4,5)6)27-22-23-28-33(29-25-30-34(38)39-10)42-45(15,16)37(7,8)9/h22,27,32-33H,17-18,20,24-26,29-31H2,1-16H3/b27-22+/t32-,33+/m0/s1. The van der Waals surface area contributed by atoms with Crippen molar-refractivity contribution in [3.05, 3.63) is 12.2 Å². The van der Waals surface area contributed by atoms with E-state index >= 15 is 0 Å². The van der Waals surface area contributed by atoms with Gasteiger partial charge in [0.2, 0.25) is 0 Å². The molecule has 2 atom stereocenters. The molecule has 0 aliphatic carbocycles. The Morgan fingerprint density at radius 2 is 1.29 bits per heavy atom. The highest BCUT2D eigenvalue weighted by atomic mass is 28.4. The third-order valence-corrected chi connectivity index (χ3v) is 23.4. The molecule has 8 heteroatoms. The second-order valence-corrected chi connectivity index (χ2v) is 31.2. The third-order valence-electron chi connectivity index (χ3n) is 9.85. The second kappa shape index (κ2) is 19.0. The molecule has 0 N–H and O–H groups in total. The monoisotopic (exact) mass is 678 g/mol. The number of rotatable bonds is 16. The molecule has 0 radical (unpaired) electrons. The van der Waals surface area contributed by atoms with E-state index < -0.39 is 25.0 Å². The molecule has 0 saturated heterocycles. The van der Waals surface area contributed by atoms with Gasteiger partial charge >= 0.3 is 5.97 Å². The van der Waals surface area contributed by atoms with Gasteiger partial charge in [0.1, 0.15) is 6.10 Å². The number of allylic oxidation sites excluding steroid dienone is 1. The van der Waals surface area contributed by atoms with Gasteiger partial charge in [-0.25, -0.2) is 0 Å². The van der Waals surface area contributed by atoms with Crippen LogP contribution >= 0.6 is 0 Å². The van der Waals surface area contributed by atoms with Crippen LogP contribution in [-0.2, 0) is 22.8 Å². The summed E-state index contributed by atoms with van der Waals surface area (Å²) in [7, 11) is -4.25. The Morgan fingerprint density at radius 3 is 1.82 bits per heavy atom. The molecule has 0 saturated carbocycles. The molecule has 0 aromatic rings. The maximum absolute atomic E-state index is 11.7. The van der Waals surface area contributed by atoms with Crippen LogP contribution in [0, 0.1) is 23.7 Å². The van der Waals surface area contributed by atoms with Crippen molar-refractivity contribution in [1.29, 1.82) is 0 Å². The van der Waals surface area contributed by atoms with Crippen LogP contribution in [0.15, 0.2) is 12.2 Å². The normalized spacial score (nSPS) is 14.8. The largest absolute Gasteiger partial charge is 0.469 e. The highest BCUT2D eigenvalue weighted by Gasteiger charge is 2.40. The minimum atomic E-state index is -2.03. The molecule has 0 bridgehead atoms. The maximum atomic E-state index is 11.7. The van der Waals surface area contributed by atoms with Crippen molar-refractivity contribution in [2.24, 2.45) is 0 Å². The fraction of sp³-hybridized carbons (Fsp3) is 0.811. The Balaban J connectivity index is 5.45. The zero-order valence-electron chi connectivity index (χ0n) is 32.2. The SMILES string of the molecule is COC(=O)CCC[C@@H](C#C/C=C/[C@H](CC#CCCCCCO[Si](C)(C)C(C)(C)C)O[Si](C)(C)C(C)(C)C)O[Si](C)(C)C(C)(C)C. The Bertz CT molecular complexity index is 1030. The Labute approximate surface area is 282 Å². The predicted octanol–water partition coefficient (Wildman–Crippen LogP) is 10.6. The minimum absolute atomic E-state index is 0.0738. The molecule has 0 spiro atoms. The molecule has 0 heterocycles. The van der Waals surface area contributed by atoms with Crippen molar-refractivity contribution in [3.63, 3.8) is 0 Å². The van der Waals surface area contributed by atoms with Gasteiger partial charge in [-0.2, -0.15) is 0 Å². The summed E-state index contributed by atoms with van der Waals surface area (Å²) in [6.45, 7) is 34.9. The fourth-order valence-electron chi connectivity index (χ4n) is 3.52. The van der Waals surface area contributed by atoms with Gasteiger partial charge in [0.05, 0.1) is 13.2 Å². The van der Waals surface area contributed by atoms with Crippen molar-refractivity contribution in [2.45, 2.75) is 180 Å². The van der Waals surface area contributed by atoms with Crippen LogP contribution in [0.5, 0.6) is 0 Å². The number of carbonyl (C=O) groups is 1. The van der Waals surface area contributed by atoms with Crippen molar-refractivity contribution >= 4 is 30.9 Å². The van der Waals surface area contributed by atoms with Crippen molar-refractivity contribution in [3.8, 4) is 23.7 Å². The Kier molecular flexibility index (Phi) is 18.5. The number of esters is 1. The average molecular weight is 679 g/mol. The lowest BCUT2D eigenvalue weighted by Crippen LogP contribution is -2.43. The van der Waals surface area contributed by atoms with Gasteiger partial charge in [0.25, 0.3) is 0 Å². The summed E-state index contributed by atoms with van der Waals surface area (Å²) in [5.74, 6) is 13.2. The summed E-state index contributed by atoms with van der Waals surface area (Å²) in [6, 6.07) is 0. The molecule has 0 aliphatic rings. The first kappa shape index (κ1) is 43.9. The van der Waals surface area contributed by atoms with Crippen LogP contribution in [0.1, 0.15) is 114 Å². The zero-order chi connectivity index (χ0) is 35.2. The van der Waals surface area contributed by atoms with Crippen molar-refractivity contribution in [1.82, 2.24) is 0 Å². The van der Waals surface area contributed by atoms with Crippen molar-refractivity contribution in [2.75, 3.05) is 13.7 Å². The molecule has 0 unspecified atom stereocenters. The summed E-state index contributed by atoms with van der Waals surface area (Å²) in [5, 5.41) is 0.435. The summed E-state index contributed by atoms with van der Waals surface area (Å²) in [5.41, 5.74) is 0. The Morgan fingerprint density at radius 1 is 0.733 bits per heavy atom. The molecule has 0 aromatic heterocycles. The molecule has 0 rings (SSSR count). The molecule has 45 heavy (non-hydrogen) atoms. The molecule has 0 aromatic carbocycles. The molecule has 0 fully saturated rings. The van der Waals surface area contributed by atoms with Crippen molar-refractivity contribution < 1.29 is 22.8 Å². The van der Waals surface area contributed by atoms with Gasteiger partial charge in [-0.1, -0.05) is 80.6 Å². The summed E-state index contributed by atoms with van der Waals surface area (Å²) in [6.07, 6.45) is 10.3. The number of ether oxygens (including phenoxy) is 1. The topological polar surface area (TPSA) is 54.0 Å². The summed E-state index contributed by atoms with van der Waals surface area (Å²) in [4.78, 5) is 11.7. The number of unbranched alkanes of at least 4 members (excludes halogenated alkanes) is 3. The van der Waals surface area contributed by atoms with Crippen LogP contribution < -0.4 is 0 Å². The lowest BCUT2D eigenvalue weighted by atomic mass is 10.1. The van der Waals surface area contributed by atoms with Gasteiger partial charge < -0.3 is 18.0 Å². The molecule has 0 amide bonds. The average Bonchev–Trinajstić information content (AvgIpc) is 2.87. The van der Waals surface area contributed by atoms with Gasteiger partial charge in [-0.05, 0) is 92.2 Å². The molecular formula is C37H70O5Si3. The van der Waals surface area contributed by atoms with E-state index in [1.807, 2.05) is 6.08 Å². The van der Waals surface area contributed by atoms with Gasteiger partial charge in [-0.3, -0.25) is 4.79 Å². The highest BCUT2D eigenvalue weighted by molar-refractivity contribution is 6.75. The molecule has 260 valence electrons. The molecule has 5 nitrogen and oxygen atoms in total. The molecular weight excluding hydrogens is 609 g/mol. The van der Waals surface area contributed by atoms with Crippen LogP contribution in [0.4, 0.5) is 0 Å². The summed E-state index contributed by atoms with van der Waals surface area (Å²) < 4.78 is 24.5. The van der Waals surface area contributed by atoms with Crippen LogP contribution in [0.2, 0.25) is 54.4 Å². The first-order chi connectivity index (χ1) is 20.4. The second-order valence-electron chi connectivity index (χ2n) is 16.9. The van der Waals surface area contributed by atoms with Crippen LogP contribution in [-0.4, -0.2) is 56.8 Å². The highest BCUT2D eigenvalue weighted by Crippen LogP contribution is 2.39. The quantitative estimate of drug-likeness (QED) is 0.0704. The zero-order valence-corrected chi connectivity index (χ0v) is 35.2. The fourth-order valence-corrected chi connectivity index (χ4v) is 7.13. The van der Waals surface area contributed by atoms with E-state index in [9.17, 15) is 4.79 Å². The lowest BCUT2D eigenvalue weighted by molar-refractivity contribution is -0.140. The van der Waals surface area contributed by atoms with Gasteiger partial charge in [-0.15, -0.1) is 11.8 Å². The number of hydrogen-bond acceptors (Lipinski definition) is 5. The van der Waals surface area contributed by atoms with Crippen LogP contribution in [0.3, 0.4) is 0 Å². The third kappa shape index (κ3) is 17.5. The smallest absolute Gasteiger partial charge is 0.305 e. The van der Waals surface area contributed by atoms with Gasteiger partial charge in [0, 0.05) is 25.9 Å². The first-order valence-corrected chi connectivity index (χ1v) is 25.8. The predicted molar refractivity (Wildman–Crippen MR) is 201 cm³/mol. The van der Waals surface area contributed by atoms with E-state index in [4.69, 9.17) is 18.0 Å². The maximum Gasteiger partial charge on any atom is 0.305 e. The van der Waals surface area contributed by atoms with E-state index in [1.165, 1.54) is 7.11 Å². The first-order valence-electron chi connectivity index (χ1n) is 17.1. The number of carbonyl (C=O) groups excluding carboxylic acids is 1. The number of hydrogen-bond donors (Lipinski definition) is 0. The van der Waals surface area contributed by atoms with E-state index in [0.29, 0.717) is 25.7 Å². The Hall–Kier alpha value is -1.14.